The minimum absolute atomic E-state index is 0.214. The van der Waals surface area contributed by atoms with E-state index in [1.165, 1.54) is 0 Å². The molecule has 1 aromatic carbocycles. The lowest BCUT2D eigenvalue weighted by Crippen LogP contribution is -2.30. The molecule has 0 saturated heterocycles. The third-order valence-electron chi connectivity index (χ3n) is 4.79. The summed E-state index contributed by atoms with van der Waals surface area (Å²) in [6, 6.07) is 7.46. The maximum atomic E-state index is 12.8. The normalized spacial score (nSPS) is 15.0. The van der Waals surface area contributed by atoms with Crippen molar-refractivity contribution >= 4 is 29.0 Å². The molecule has 150 valence electrons. The van der Waals surface area contributed by atoms with Crippen LogP contribution in [0.1, 0.15) is 46.7 Å². The Labute approximate surface area is 169 Å². The molecule has 2 heterocycles. The van der Waals surface area contributed by atoms with Gasteiger partial charge in [0.1, 0.15) is 0 Å². The number of nitrogens with one attached hydrogen (secondary N) is 1. The van der Waals surface area contributed by atoms with Gasteiger partial charge < -0.3 is 14.6 Å². The van der Waals surface area contributed by atoms with E-state index in [1.54, 1.807) is 24.8 Å². The number of aryl methyl sites for hydroxylation is 1. The number of rotatable bonds is 6. The first-order valence-corrected chi connectivity index (χ1v) is 9.41. The van der Waals surface area contributed by atoms with Crippen molar-refractivity contribution in [2.45, 2.75) is 27.7 Å². The number of H-pyrrole nitrogens is 1. The fourth-order valence-electron chi connectivity index (χ4n) is 3.46. The van der Waals surface area contributed by atoms with Crippen LogP contribution in [0, 0.1) is 13.8 Å². The molecular formula is C22H24N4O3. The van der Waals surface area contributed by atoms with Gasteiger partial charge in [0.25, 0.3) is 5.91 Å². The van der Waals surface area contributed by atoms with Gasteiger partial charge >= 0.3 is 5.97 Å². The van der Waals surface area contributed by atoms with Gasteiger partial charge in [-0.3, -0.25) is 4.79 Å². The molecule has 1 amide bonds. The number of para-hydroxylation sites is 1. The largest absolute Gasteiger partial charge is 0.462 e. The molecule has 0 saturated carbocycles. The molecule has 0 aliphatic carbocycles. The van der Waals surface area contributed by atoms with Gasteiger partial charge in [-0.05, 0) is 39.3 Å². The molecular weight excluding hydrogens is 368 g/mol. The first-order chi connectivity index (χ1) is 13.9. The van der Waals surface area contributed by atoms with Gasteiger partial charge in [-0.2, -0.15) is 5.10 Å². The molecule has 1 aliphatic heterocycles. The molecule has 3 rings (SSSR count). The SMILES string of the molecule is C=CCN1C(=O)/C(=N/N=C(\C)c2[nH]c(C)c(C(=O)OCC)c2C)c2ccccc21. The van der Waals surface area contributed by atoms with Gasteiger partial charge in [-0.25, -0.2) is 4.79 Å². The number of carbonyl (C=O) groups is 2. The molecule has 0 fully saturated rings. The monoisotopic (exact) mass is 392 g/mol. The van der Waals surface area contributed by atoms with E-state index in [1.807, 2.05) is 38.1 Å². The van der Waals surface area contributed by atoms with Crippen molar-refractivity contribution in [1.82, 2.24) is 4.98 Å². The van der Waals surface area contributed by atoms with E-state index >= 15 is 0 Å². The molecule has 29 heavy (non-hydrogen) atoms. The van der Waals surface area contributed by atoms with Gasteiger partial charge in [0.05, 0.1) is 29.3 Å². The summed E-state index contributed by atoms with van der Waals surface area (Å²) in [7, 11) is 0. The zero-order valence-corrected chi connectivity index (χ0v) is 17.1. The van der Waals surface area contributed by atoms with Crippen molar-refractivity contribution in [2.24, 2.45) is 10.2 Å². The minimum atomic E-state index is -0.371. The van der Waals surface area contributed by atoms with Crippen molar-refractivity contribution in [3.8, 4) is 0 Å². The number of aromatic amines is 1. The summed E-state index contributed by atoms with van der Waals surface area (Å²) < 4.78 is 5.13. The molecule has 7 heteroatoms. The zero-order chi connectivity index (χ0) is 21.1. The van der Waals surface area contributed by atoms with Crippen LogP contribution in [0.15, 0.2) is 47.1 Å². The van der Waals surface area contributed by atoms with E-state index in [-0.39, 0.29) is 17.6 Å². The summed E-state index contributed by atoms with van der Waals surface area (Å²) in [6.07, 6.45) is 1.67. The second-order valence-corrected chi connectivity index (χ2v) is 6.70. The minimum Gasteiger partial charge on any atom is -0.462 e. The number of ether oxygens (including phenoxy) is 1. The predicted molar refractivity (Wildman–Crippen MR) is 114 cm³/mol. The number of nitrogens with zero attached hydrogens (tertiary/aromatic N) is 3. The van der Waals surface area contributed by atoms with Crippen molar-refractivity contribution < 1.29 is 14.3 Å². The molecule has 1 aliphatic rings. The molecule has 2 aromatic rings. The summed E-state index contributed by atoms with van der Waals surface area (Å²) in [6.45, 7) is 11.6. The summed E-state index contributed by atoms with van der Waals surface area (Å²) in [4.78, 5) is 29.8. The standard InChI is InChI=1S/C22H24N4O3/c1-6-12-26-17-11-9-8-10-16(17)20(21(26)27)25-24-15(5)19-13(3)18(14(4)23-19)22(28)29-7-2/h6,8-11,23H,1,7,12H2,2-5H3/b24-15+,25-20+. The van der Waals surface area contributed by atoms with Crippen molar-refractivity contribution in [3.05, 3.63) is 65.0 Å². The molecule has 1 N–H and O–H groups in total. The average Bonchev–Trinajstić information content (AvgIpc) is 3.14. The number of esters is 1. The van der Waals surface area contributed by atoms with Crippen LogP contribution in [-0.4, -0.2) is 41.4 Å². The Hall–Kier alpha value is -3.48. The van der Waals surface area contributed by atoms with Crippen LogP contribution in [-0.2, 0) is 9.53 Å². The summed E-state index contributed by atoms with van der Waals surface area (Å²) in [5.74, 6) is -0.585. The third kappa shape index (κ3) is 3.63. The number of aromatic nitrogens is 1. The van der Waals surface area contributed by atoms with Crippen LogP contribution in [0.5, 0.6) is 0 Å². The van der Waals surface area contributed by atoms with Crippen molar-refractivity contribution in [3.63, 3.8) is 0 Å². The highest BCUT2D eigenvalue weighted by atomic mass is 16.5. The smallest absolute Gasteiger partial charge is 0.340 e. The van der Waals surface area contributed by atoms with Crippen LogP contribution in [0.4, 0.5) is 5.69 Å². The number of anilines is 1. The number of hydrogen-bond acceptors (Lipinski definition) is 5. The van der Waals surface area contributed by atoms with E-state index in [9.17, 15) is 9.59 Å². The summed E-state index contributed by atoms with van der Waals surface area (Å²) in [5.41, 5.74) is 5.03. The van der Waals surface area contributed by atoms with Gasteiger partial charge in [0, 0.05) is 17.8 Å². The molecule has 0 unspecified atom stereocenters. The van der Waals surface area contributed by atoms with E-state index < -0.39 is 0 Å². The Bertz CT molecular complexity index is 1050. The van der Waals surface area contributed by atoms with E-state index in [0.717, 1.165) is 16.8 Å². The van der Waals surface area contributed by atoms with E-state index in [2.05, 4.69) is 21.8 Å². The molecule has 0 spiro atoms. The Morgan fingerprint density at radius 1 is 1.31 bits per heavy atom. The Morgan fingerprint density at radius 3 is 2.72 bits per heavy atom. The summed E-state index contributed by atoms with van der Waals surface area (Å²) >= 11 is 0. The van der Waals surface area contributed by atoms with E-state index in [0.29, 0.717) is 35.8 Å². The predicted octanol–water partition coefficient (Wildman–Crippen LogP) is 3.55. The molecule has 0 bridgehead atoms. The lowest BCUT2D eigenvalue weighted by Gasteiger charge is -2.13. The zero-order valence-electron chi connectivity index (χ0n) is 17.1. The molecule has 0 radical (unpaired) electrons. The fourth-order valence-corrected chi connectivity index (χ4v) is 3.46. The molecule has 1 aromatic heterocycles. The number of amides is 1. The highest BCUT2D eigenvalue weighted by Crippen LogP contribution is 2.29. The third-order valence-corrected chi connectivity index (χ3v) is 4.79. The van der Waals surface area contributed by atoms with Crippen LogP contribution < -0.4 is 4.90 Å². The first-order valence-electron chi connectivity index (χ1n) is 9.41. The topological polar surface area (TPSA) is 87.1 Å². The highest BCUT2D eigenvalue weighted by molar-refractivity contribution is 6.54. The fraction of sp³-hybridized carbons (Fsp3) is 0.273. The maximum absolute atomic E-state index is 12.8. The quantitative estimate of drug-likeness (QED) is 0.353. The summed E-state index contributed by atoms with van der Waals surface area (Å²) in [5, 5.41) is 8.55. The number of benzene rings is 1. The molecule has 0 atom stereocenters. The maximum Gasteiger partial charge on any atom is 0.340 e. The second-order valence-electron chi connectivity index (χ2n) is 6.70. The van der Waals surface area contributed by atoms with Crippen LogP contribution in [0.3, 0.4) is 0 Å². The Balaban J connectivity index is 1.99. The van der Waals surface area contributed by atoms with Gasteiger partial charge in [-0.15, -0.1) is 11.7 Å². The van der Waals surface area contributed by atoms with Gasteiger partial charge in [0.2, 0.25) is 0 Å². The van der Waals surface area contributed by atoms with Crippen LogP contribution in [0.2, 0.25) is 0 Å². The second kappa shape index (κ2) is 8.26. The Kier molecular flexibility index (Phi) is 5.77. The molecule has 7 nitrogen and oxygen atoms in total. The first kappa shape index (κ1) is 20.3. The van der Waals surface area contributed by atoms with Crippen LogP contribution in [0.25, 0.3) is 0 Å². The van der Waals surface area contributed by atoms with Gasteiger partial charge in [-0.1, -0.05) is 24.3 Å². The average molecular weight is 392 g/mol. The van der Waals surface area contributed by atoms with Gasteiger partial charge in [0.15, 0.2) is 5.71 Å². The number of carbonyl (C=O) groups excluding carboxylic acids is 2. The highest BCUT2D eigenvalue weighted by Gasteiger charge is 2.33. The van der Waals surface area contributed by atoms with E-state index in [4.69, 9.17) is 4.74 Å². The van der Waals surface area contributed by atoms with Crippen molar-refractivity contribution in [1.29, 1.82) is 0 Å². The van der Waals surface area contributed by atoms with Crippen LogP contribution >= 0.6 is 0 Å². The Morgan fingerprint density at radius 2 is 2.03 bits per heavy atom. The number of hydrogen-bond donors (Lipinski definition) is 1. The number of fused-ring (bicyclic) bond motifs is 1. The van der Waals surface area contributed by atoms with Crippen molar-refractivity contribution in [2.75, 3.05) is 18.1 Å². The lowest BCUT2D eigenvalue weighted by atomic mass is 10.1. The lowest BCUT2D eigenvalue weighted by molar-refractivity contribution is -0.112.